The molecule has 1 radical (unpaired) electrons. The van der Waals surface area contributed by atoms with Gasteiger partial charge in [-0.05, 0) is 12.0 Å². The number of hydrogen-bond acceptors (Lipinski definition) is 2. The zero-order valence-electron chi connectivity index (χ0n) is 7.55. The molecule has 1 aromatic carbocycles. The van der Waals surface area contributed by atoms with Gasteiger partial charge in [0.2, 0.25) is 0 Å². The van der Waals surface area contributed by atoms with Gasteiger partial charge in [0, 0.05) is 25.9 Å². The third-order valence-corrected chi connectivity index (χ3v) is 1.77. The van der Waals surface area contributed by atoms with Gasteiger partial charge in [-0.2, -0.15) is 0 Å². The highest BCUT2D eigenvalue weighted by molar-refractivity contribution is 5.49. The number of anilines is 1. The number of ether oxygens (including phenoxy) is 1. The lowest BCUT2D eigenvalue weighted by Gasteiger charge is -2.06. The Morgan fingerprint density at radius 3 is 3.08 bits per heavy atom. The molecule has 0 aliphatic rings. The zero-order chi connectivity index (χ0) is 8.81. The van der Waals surface area contributed by atoms with Crippen LogP contribution >= 0.6 is 0 Å². The summed E-state index contributed by atoms with van der Waals surface area (Å²) < 4.78 is 5.00. The van der Waals surface area contributed by atoms with Gasteiger partial charge in [0.15, 0.2) is 0 Å². The molecule has 0 heterocycles. The second kappa shape index (κ2) is 4.78. The predicted molar refractivity (Wildman–Crippen MR) is 50.4 cm³/mol. The minimum absolute atomic E-state index is 0.756. The predicted octanol–water partition coefficient (Wildman–Crippen LogP) is 1.72. The van der Waals surface area contributed by atoms with Crippen molar-refractivity contribution in [2.45, 2.75) is 6.42 Å². The van der Waals surface area contributed by atoms with Crippen molar-refractivity contribution in [3.8, 4) is 0 Å². The summed E-state index contributed by atoms with van der Waals surface area (Å²) in [7, 11) is 3.62. The molecular formula is C10H14NO. The fourth-order valence-electron chi connectivity index (χ4n) is 1.12. The Bertz CT molecular complexity index is 235. The summed E-state index contributed by atoms with van der Waals surface area (Å²) in [6.07, 6.45) is 0.935. The van der Waals surface area contributed by atoms with Gasteiger partial charge in [0.05, 0.1) is 6.61 Å². The zero-order valence-corrected chi connectivity index (χ0v) is 7.55. The molecule has 0 saturated carbocycles. The summed E-state index contributed by atoms with van der Waals surface area (Å²) in [6, 6.07) is 9.11. The van der Waals surface area contributed by atoms with Crippen LogP contribution in [0, 0.1) is 6.07 Å². The van der Waals surface area contributed by atoms with Crippen molar-refractivity contribution in [1.82, 2.24) is 0 Å². The van der Waals surface area contributed by atoms with E-state index in [1.54, 1.807) is 7.11 Å². The molecular weight excluding hydrogens is 150 g/mol. The molecule has 1 rings (SSSR count). The maximum Gasteiger partial charge on any atom is 0.0503 e. The van der Waals surface area contributed by atoms with Crippen LogP contribution in [0.3, 0.4) is 0 Å². The maximum atomic E-state index is 5.00. The van der Waals surface area contributed by atoms with E-state index in [1.165, 1.54) is 5.56 Å². The number of hydrogen-bond donors (Lipinski definition) is 1. The van der Waals surface area contributed by atoms with Gasteiger partial charge in [0.25, 0.3) is 0 Å². The molecule has 2 heteroatoms. The van der Waals surface area contributed by atoms with Crippen molar-refractivity contribution in [3.63, 3.8) is 0 Å². The number of nitrogens with one attached hydrogen (secondary N) is 1. The van der Waals surface area contributed by atoms with Crippen LogP contribution in [0.4, 0.5) is 5.69 Å². The molecule has 0 bridgehead atoms. The molecule has 2 nitrogen and oxygen atoms in total. The van der Waals surface area contributed by atoms with Crippen LogP contribution in [0.2, 0.25) is 0 Å². The number of rotatable bonds is 4. The first kappa shape index (κ1) is 9.07. The lowest BCUT2D eigenvalue weighted by atomic mass is 10.1. The fraction of sp³-hybridized carbons (Fsp3) is 0.400. The number of benzene rings is 1. The van der Waals surface area contributed by atoms with E-state index >= 15 is 0 Å². The molecule has 65 valence electrons. The van der Waals surface area contributed by atoms with Crippen LogP contribution in [0.5, 0.6) is 0 Å². The van der Waals surface area contributed by atoms with E-state index < -0.39 is 0 Å². The van der Waals surface area contributed by atoms with Gasteiger partial charge in [-0.15, -0.1) is 0 Å². The Morgan fingerprint density at radius 1 is 1.58 bits per heavy atom. The summed E-state index contributed by atoms with van der Waals surface area (Å²) in [5.41, 5.74) is 2.32. The molecule has 0 saturated heterocycles. The molecule has 1 aromatic rings. The summed E-state index contributed by atoms with van der Waals surface area (Å²) in [5.74, 6) is 0. The first-order valence-electron chi connectivity index (χ1n) is 4.04. The smallest absolute Gasteiger partial charge is 0.0503 e. The monoisotopic (exact) mass is 164 g/mol. The van der Waals surface area contributed by atoms with Crippen molar-refractivity contribution in [3.05, 3.63) is 29.8 Å². The number of methoxy groups -OCH3 is 1. The molecule has 0 aromatic heterocycles. The number of para-hydroxylation sites is 1. The van der Waals surface area contributed by atoms with Gasteiger partial charge in [0.1, 0.15) is 0 Å². The quantitative estimate of drug-likeness (QED) is 0.731. The van der Waals surface area contributed by atoms with Crippen molar-refractivity contribution in [2.24, 2.45) is 0 Å². The maximum absolute atomic E-state index is 5.00. The summed E-state index contributed by atoms with van der Waals surface area (Å²) in [6.45, 7) is 0.756. The third kappa shape index (κ3) is 2.24. The summed E-state index contributed by atoms with van der Waals surface area (Å²) in [4.78, 5) is 0. The first-order valence-corrected chi connectivity index (χ1v) is 4.04. The highest BCUT2D eigenvalue weighted by Crippen LogP contribution is 2.13. The topological polar surface area (TPSA) is 21.3 Å². The Labute approximate surface area is 73.6 Å². The Hall–Kier alpha value is -1.02. The first-order chi connectivity index (χ1) is 5.88. The highest BCUT2D eigenvalue weighted by atomic mass is 16.5. The van der Waals surface area contributed by atoms with E-state index in [4.69, 9.17) is 4.74 Å². The van der Waals surface area contributed by atoms with Crippen LogP contribution in [-0.4, -0.2) is 20.8 Å². The largest absolute Gasteiger partial charge is 0.387 e. The van der Waals surface area contributed by atoms with Crippen molar-refractivity contribution in [1.29, 1.82) is 0 Å². The lowest BCUT2D eigenvalue weighted by Crippen LogP contribution is -1.99. The SMILES string of the molecule is CNc1[c]cccc1CCOC. The van der Waals surface area contributed by atoms with Crippen molar-refractivity contribution < 1.29 is 4.74 Å². The van der Waals surface area contributed by atoms with Crippen LogP contribution in [0.15, 0.2) is 18.2 Å². The van der Waals surface area contributed by atoms with Crippen molar-refractivity contribution in [2.75, 3.05) is 26.1 Å². The van der Waals surface area contributed by atoms with E-state index in [-0.39, 0.29) is 0 Å². The fourth-order valence-corrected chi connectivity index (χ4v) is 1.12. The van der Waals surface area contributed by atoms with Gasteiger partial charge in [-0.3, -0.25) is 0 Å². The Balaban J connectivity index is 2.68. The summed E-state index contributed by atoms with van der Waals surface area (Å²) >= 11 is 0. The van der Waals surface area contributed by atoms with Crippen LogP contribution in [-0.2, 0) is 11.2 Å². The van der Waals surface area contributed by atoms with E-state index in [0.29, 0.717) is 0 Å². The van der Waals surface area contributed by atoms with E-state index in [9.17, 15) is 0 Å². The Morgan fingerprint density at radius 2 is 2.42 bits per heavy atom. The van der Waals surface area contributed by atoms with Crippen LogP contribution < -0.4 is 5.32 Å². The summed E-state index contributed by atoms with van der Waals surface area (Å²) in [5, 5.41) is 3.09. The molecule has 0 fully saturated rings. The van der Waals surface area contributed by atoms with Gasteiger partial charge < -0.3 is 10.1 Å². The van der Waals surface area contributed by atoms with E-state index in [0.717, 1.165) is 18.7 Å². The highest BCUT2D eigenvalue weighted by Gasteiger charge is 1.98. The molecule has 0 spiro atoms. The van der Waals surface area contributed by atoms with E-state index in [1.807, 2.05) is 19.2 Å². The average molecular weight is 164 g/mol. The molecule has 1 N–H and O–H groups in total. The molecule has 0 unspecified atom stereocenters. The molecule has 0 amide bonds. The van der Waals surface area contributed by atoms with Gasteiger partial charge in [-0.25, -0.2) is 0 Å². The lowest BCUT2D eigenvalue weighted by molar-refractivity contribution is 0.202. The van der Waals surface area contributed by atoms with Gasteiger partial charge in [-0.1, -0.05) is 18.2 Å². The second-order valence-electron chi connectivity index (χ2n) is 2.56. The van der Waals surface area contributed by atoms with Crippen molar-refractivity contribution >= 4 is 5.69 Å². The molecule has 0 aliphatic carbocycles. The molecule has 0 atom stereocenters. The molecule has 12 heavy (non-hydrogen) atoms. The van der Waals surface area contributed by atoms with Crippen LogP contribution in [0.1, 0.15) is 5.56 Å². The van der Waals surface area contributed by atoms with Gasteiger partial charge >= 0.3 is 0 Å². The minimum atomic E-state index is 0.756. The second-order valence-corrected chi connectivity index (χ2v) is 2.56. The minimum Gasteiger partial charge on any atom is -0.387 e. The Kier molecular flexibility index (Phi) is 3.61. The normalized spacial score (nSPS) is 9.83. The third-order valence-electron chi connectivity index (χ3n) is 1.77. The van der Waals surface area contributed by atoms with E-state index in [2.05, 4.69) is 17.4 Å². The van der Waals surface area contributed by atoms with Crippen LogP contribution in [0.25, 0.3) is 0 Å². The standard InChI is InChI=1S/C10H14NO/c1-11-10-6-4-3-5-9(10)7-8-12-2/h3-5,11H,7-8H2,1-2H3. The average Bonchev–Trinajstić information content (AvgIpc) is 2.15. The molecule has 0 aliphatic heterocycles.